The minimum Gasteiger partial charge on any atom is -0.393 e. The Kier molecular flexibility index (Phi) is 4.72. The monoisotopic (exact) mass is 251 g/mol. The molecule has 0 aliphatic heterocycles. The van der Waals surface area contributed by atoms with Crippen LogP contribution in [0.4, 0.5) is 4.39 Å². The van der Waals surface area contributed by atoms with Crippen LogP contribution in [0.25, 0.3) is 0 Å². The van der Waals surface area contributed by atoms with E-state index in [0.717, 1.165) is 37.8 Å². The molecule has 0 amide bonds. The fourth-order valence-electron chi connectivity index (χ4n) is 2.78. The molecular weight excluding hydrogens is 229 g/mol. The van der Waals surface area contributed by atoms with E-state index in [4.69, 9.17) is 0 Å². The maximum atomic E-state index is 13.7. The van der Waals surface area contributed by atoms with Crippen molar-refractivity contribution in [3.63, 3.8) is 0 Å². The average molecular weight is 251 g/mol. The zero-order valence-corrected chi connectivity index (χ0v) is 10.9. The molecule has 2 nitrogen and oxygen atoms in total. The molecule has 0 radical (unpaired) electrons. The van der Waals surface area contributed by atoms with Crippen LogP contribution in [0.5, 0.6) is 0 Å². The molecular formula is C15H22FNO. The lowest BCUT2D eigenvalue weighted by Gasteiger charge is -2.22. The third-order valence-electron chi connectivity index (χ3n) is 3.93. The summed E-state index contributed by atoms with van der Waals surface area (Å²) in [5.74, 6) is 0.176. The van der Waals surface area contributed by atoms with E-state index in [-0.39, 0.29) is 18.0 Å². The Bertz CT molecular complexity index is 383. The second-order valence-corrected chi connectivity index (χ2v) is 5.15. The molecule has 3 unspecified atom stereocenters. The van der Waals surface area contributed by atoms with Gasteiger partial charge in [0.1, 0.15) is 5.82 Å². The van der Waals surface area contributed by atoms with Crippen LogP contribution in [0.3, 0.4) is 0 Å². The maximum Gasteiger partial charge on any atom is 0.127 e. The molecule has 1 aromatic rings. The Morgan fingerprint density at radius 3 is 2.78 bits per heavy atom. The van der Waals surface area contributed by atoms with E-state index in [1.165, 1.54) is 6.07 Å². The Labute approximate surface area is 108 Å². The van der Waals surface area contributed by atoms with Crippen molar-refractivity contribution in [2.75, 3.05) is 6.54 Å². The number of aliphatic hydroxyl groups is 1. The van der Waals surface area contributed by atoms with Gasteiger partial charge < -0.3 is 10.4 Å². The summed E-state index contributed by atoms with van der Waals surface area (Å²) in [5.41, 5.74) is 0.729. The molecule has 18 heavy (non-hydrogen) atoms. The normalized spacial score (nSPS) is 25.3. The zero-order chi connectivity index (χ0) is 13.0. The summed E-state index contributed by atoms with van der Waals surface area (Å²) in [7, 11) is 0. The topological polar surface area (TPSA) is 32.3 Å². The molecule has 3 atom stereocenters. The number of nitrogens with one attached hydrogen (secondary N) is 1. The van der Waals surface area contributed by atoms with Crippen molar-refractivity contribution in [2.24, 2.45) is 5.92 Å². The Morgan fingerprint density at radius 2 is 2.17 bits per heavy atom. The van der Waals surface area contributed by atoms with Crippen LogP contribution in [0, 0.1) is 11.7 Å². The van der Waals surface area contributed by atoms with Crippen LogP contribution < -0.4 is 5.32 Å². The Balaban J connectivity index is 1.95. The zero-order valence-electron chi connectivity index (χ0n) is 10.9. The number of hydrogen-bond donors (Lipinski definition) is 2. The molecule has 1 fully saturated rings. The van der Waals surface area contributed by atoms with E-state index in [9.17, 15) is 9.50 Å². The molecule has 1 aromatic carbocycles. The first-order valence-corrected chi connectivity index (χ1v) is 6.88. The fraction of sp³-hybridized carbons (Fsp3) is 0.600. The van der Waals surface area contributed by atoms with Gasteiger partial charge in [0.25, 0.3) is 0 Å². The molecule has 0 heterocycles. The maximum absolute atomic E-state index is 13.7. The quantitative estimate of drug-likeness (QED) is 0.843. The van der Waals surface area contributed by atoms with Crippen LogP contribution in [-0.2, 0) is 0 Å². The van der Waals surface area contributed by atoms with Crippen molar-refractivity contribution in [3.05, 3.63) is 35.6 Å². The second kappa shape index (κ2) is 6.30. The largest absolute Gasteiger partial charge is 0.393 e. The molecule has 1 aliphatic carbocycles. The SMILES string of the molecule is CCC(NCC1CCCC1O)c1ccccc1F. The van der Waals surface area contributed by atoms with Crippen LogP contribution in [0.1, 0.15) is 44.2 Å². The summed E-state index contributed by atoms with van der Waals surface area (Å²) in [6.45, 7) is 2.82. The third-order valence-corrected chi connectivity index (χ3v) is 3.93. The lowest BCUT2D eigenvalue weighted by Crippen LogP contribution is -2.31. The molecule has 0 spiro atoms. The molecule has 1 saturated carbocycles. The van der Waals surface area contributed by atoms with Gasteiger partial charge in [0, 0.05) is 18.2 Å². The van der Waals surface area contributed by atoms with Gasteiger partial charge >= 0.3 is 0 Å². The van der Waals surface area contributed by atoms with Gasteiger partial charge in [-0.2, -0.15) is 0 Å². The first-order valence-electron chi connectivity index (χ1n) is 6.88. The first-order chi connectivity index (χ1) is 8.72. The predicted octanol–water partition coefficient (Wildman–Crippen LogP) is 3.03. The summed E-state index contributed by atoms with van der Waals surface area (Å²) < 4.78 is 13.7. The fourth-order valence-corrected chi connectivity index (χ4v) is 2.78. The lowest BCUT2D eigenvalue weighted by atomic mass is 10.0. The van der Waals surface area contributed by atoms with E-state index in [1.807, 2.05) is 12.1 Å². The summed E-state index contributed by atoms with van der Waals surface area (Å²) >= 11 is 0. The van der Waals surface area contributed by atoms with E-state index in [1.54, 1.807) is 6.07 Å². The summed E-state index contributed by atoms with van der Waals surface area (Å²) in [5, 5.41) is 13.2. The smallest absolute Gasteiger partial charge is 0.127 e. The van der Waals surface area contributed by atoms with Gasteiger partial charge in [0.15, 0.2) is 0 Å². The van der Waals surface area contributed by atoms with Crippen LogP contribution >= 0.6 is 0 Å². The molecule has 0 aromatic heterocycles. The number of halogens is 1. The van der Waals surface area contributed by atoms with Crippen LogP contribution in [0.15, 0.2) is 24.3 Å². The summed E-state index contributed by atoms with van der Waals surface area (Å²) in [4.78, 5) is 0. The van der Waals surface area contributed by atoms with E-state index < -0.39 is 0 Å². The minimum absolute atomic E-state index is 0.0407. The number of benzene rings is 1. The molecule has 2 N–H and O–H groups in total. The molecule has 1 aliphatic rings. The highest BCUT2D eigenvalue weighted by Gasteiger charge is 2.25. The minimum atomic E-state index is -0.185. The molecule has 0 saturated heterocycles. The van der Waals surface area contributed by atoms with Gasteiger partial charge in [-0.1, -0.05) is 31.5 Å². The molecule has 2 rings (SSSR count). The van der Waals surface area contributed by atoms with Crippen molar-refractivity contribution in [3.8, 4) is 0 Å². The first kappa shape index (κ1) is 13.5. The van der Waals surface area contributed by atoms with Crippen molar-refractivity contribution in [1.29, 1.82) is 0 Å². The van der Waals surface area contributed by atoms with Gasteiger partial charge in [0.05, 0.1) is 6.10 Å². The van der Waals surface area contributed by atoms with Gasteiger partial charge in [-0.3, -0.25) is 0 Å². The predicted molar refractivity (Wildman–Crippen MR) is 70.8 cm³/mol. The van der Waals surface area contributed by atoms with Gasteiger partial charge in [0.2, 0.25) is 0 Å². The molecule has 0 bridgehead atoms. The van der Waals surface area contributed by atoms with Crippen molar-refractivity contribution >= 4 is 0 Å². The van der Waals surface area contributed by atoms with Gasteiger partial charge in [-0.15, -0.1) is 0 Å². The van der Waals surface area contributed by atoms with Crippen molar-refractivity contribution in [2.45, 2.75) is 44.8 Å². The number of rotatable bonds is 5. The highest BCUT2D eigenvalue weighted by atomic mass is 19.1. The van der Waals surface area contributed by atoms with Crippen molar-refractivity contribution < 1.29 is 9.50 Å². The van der Waals surface area contributed by atoms with Crippen LogP contribution in [-0.4, -0.2) is 17.8 Å². The Morgan fingerprint density at radius 1 is 1.39 bits per heavy atom. The van der Waals surface area contributed by atoms with Crippen molar-refractivity contribution in [1.82, 2.24) is 5.32 Å². The van der Waals surface area contributed by atoms with E-state index in [2.05, 4.69) is 12.2 Å². The summed E-state index contributed by atoms with van der Waals surface area (Å²) in [6.07, 6.45) is 3.74. The number of hydrogen-bond acceptors (Lipinski definition) is 2. The van der Waals surface area contributed by atoms with E-state index >= 15 is 0 Å². The van der Waals surface area contributed by atoms with Gasteiger partial charge in [-0.25, -0.2) is 4.39 Å². The third kappa shape index (κ3) is 3.09. The Hall–Kier alpha value is -0.930. The average Bonchev–Trinajstić information content (AvgIpc) is 2.78. The number of aliphatic hydroxyl groups excluding tert-OH is 1. The highest BCUT2D eigenvalue weighted by molar-refractivity contribution is 5.21. The summed E-state index contributed by atoms with van der Waals surface area (Å²) in [6, 6.07) is 6.96. The van der Waals surface area contributed by atoms with Crippen LogP contribution in [0.2, 0.25) is 0 Å². The molecule has 3 heteroatoms. The van der Waals surface area contributed by atoms with Gasteiger partial charge in [-0.05, 0) is 31.2 Å². The highest BCUT2D eigenvalue weighted by Crippen LogP contribution is 2.26. The second-order valence-electron chi connectivity index (χ2n) is 5.15. The standard InChI is InChI=1S/C15H22FNO/c1-2-14(12-7-3-4-8-13(12)16)17-10-11-6-5-9-15(11)18/h3-4,7-8,11,14-15,17-18H,2,5-6,9-10H2,1H3. The van der Waals surface area contributed by atoms with E-state index in [0.29, 0.717) is 5.92 Å². The molecule has 100 valence electrons. The lowest BCUT2D eigenvalue weighted by molar-refractivity contribution is 0.129.